The molecule has 0 unspecified atom stereocenters. The summed E-state index contributed by atoms with van der Waals surface area (Å²) in [6, 6.07) is 5.19. The van der Waals surface area contributed by atoms with Gasteiger partial charge in [-0.2, -0.15) is 23.0 Å². The molecule has 3 rings (SSSR count). The molecule has 0 aliphatic rings. The van der Waals surface area contributed by atoms with Gasteiger partial charge in [-0.3, -0.25) is 4.79 Å². The number of nitrogens with one attached hydrogen (secondary N) is 1. The summed E-state index contributed by atoms with van der Waals surface area (Å²) >= 11 is 11.8. The third-order valence-corrected chi connectivity index (χ3v) is 4.25. The maximum absolute atomic E-state index is 12.9. The molecule has 0 bridgehead atoms. The molecule has 146 valence electrons. The number of alkyl halides is 3. The van der Waals surface area contributed by atoms with Crippen LogP contribution in [0.3, 0.4) is 0 Å². The smallest absolute Gasteiger partial charge is 0.342 e. The summed E-state index contributed by atoms with van der Waals surface area (Å²) in [4.78, 5) is 20.7. The van der Waals surface area contributed by atoms with E-state index in [0.717, 1.165) is 18.2 Å². The fraction of sp³-hybridized carbons (Fsp3) is 0.176. The number of hydrogen-bond acceptors (Lipinski definition) is 4. The van der Waals surface area contributed by atoms with E-state index in [1.54, 1.807) is 19.1 Å². The Morgan fingerprint density at radius 2 is 1.96 bits per heavy atom. The number of carbonyl (C=O) groups is 1. The fourth-order valence-electron chi connectivity index (χ4n) is 2.47. The van der Waals surface area contributed by atoms with Crippen LogP contribution in [0, 0.1) is 0 Å². The van der Waals surface area contributed by atoms with E-state index in [9.17, 15) is 18.0 Å². The lowest BCUT2D eigenvalue weighted by Crippen LogP contribution is -2.29. The molecule has 0 fully saturated rings. The van der Waals surface area contributed by atoms with E-state index >= 15 is 0 Å². The van der Waals surface area contributed by atoms with Gasteiger partial charge < -0.3 is 5.32 Å². The van der Waals surface area contributed by atoms with E-state index in [0.29, 0.717) is 16.7 Å². The second-order valence-electron chi connectivity index (χ2n) is 5.76. The number of hydrogen-bond donors (Lipinski definition) is 1. The molecule has 3 aromatic rings. The van der Waals surface area contributed by atoms with E-state index in [4.69, 9.17) is 23.2 Å². The van der Waals surface area contributed by atoms with Crippen LogP contribution in [0.15, 0.2) is 42.9 Å². The number of nitrogens with zero attached hydrogens (tertiary/aromatic N) is 4. The monoisotopic (exact) mass is 429 g/mol. The number of rotatable bonds is 4. The van der Waals surface area contributed by atoms with Crippen LogP contribution in [0.4, 0.5) is 13.2 Å². The number of carbonyl (C=O) groups excluding carboxylic acids is 1. The first-order valence-corrected chi connectivity index (χ1v) is 8.62. The molecule has 11 heteroatoms. The van der Waals surface area contributed by atoms with Crippen molar-refractivity contribution in [2.75, 3.05) is 0 Å². The molecule has 0 aliphatic heterocycles. The zero-order valence-corrected chi connectivity index (χ0v) is 15.7. The maximum Gasteiger partial charge on any atom is 0.416 e. The second kappa shape index (κ2) is 7.76. The molecule has 28 heavy (non-hydrogen) atoms. The lowest BCUT2D eigenvalue weighted by molar-refractivity contribution is -0.137. The Labute approximate surface area is 167 Å². The largest absolute Gasteiger partial charge is 0.416 e. The number of aromatic nitrogens is 4. The Kier molecular flexibility index (Phi) is 5.57. The third kappa shape index (κ3) is 4.26. The molecular formula is C17H12Cl2F3N5O. The van der Waals surface area contributed by atoms with Gasteiger partial charge in [-0.15, -0.1) is 0 Å². The molecule has 2 heterocycles. The van der Waals surface area contributed by atoms with Crippen molar-refractivity contribution < 1.29 is 18.0 Å². The number of amides is 1. The minimum Gasteiger partial charge on any atom is -0.342 e. The van der Waals surface area contributed by atoms with Gasteiger partial charge in [0, 0.05) is 16.8 Å². The maximum atomic E-state index is 12.9. The van der Waals surface area contributed by atoms with Gasteiger partial charge in [-0.1, -0.05) is 23.2 Å². The van der Waals surface area contributed by atoms with Gasteiger partial charge in [0.15, 0.2) is 11.6 Å². The lowest BCUT2D eigenvalue weighted by Gasteiger charge is -2.16. The van der Waals surface area contributed by atoms with Crippen LogP contribution in [-0.4, -0.2) is 25.7 Å². The molecule has 6 nitrogen and oxygen atoms in total. The first kappa shape index (κ1) is 20.1. The number of pyridine rings is 1. The molecule has 1 amide bonds. The first-order chi connectivity index (χ1) is 13.2. The van der Waals surface area contributed by atoms with Gasteiger partial charge in [0.1, 0.15) is 6.33 Å². The predicted octanol–water partition coefficient (Wildman–Crippen LogP) is 4.48. The van der Waals surface area contributed by atoms with Gasteiger partial charge in [-0.05, 0) is 37.3 Å². The van der Waals surface area contributed by atoms with E-state index in [-0.39, 0.29) is 10.6 Å². The molecule has 0 saturated carbocycles. The van der Waals surface area contributed by atoms with Gasteiger partial charge in [0.2, 0.25) is 0 Å². The topological polar surface area (TPSA) is 72.7 Å². The summed E-state index contributed by atoms with van der Waals surface area (Å²) in [5.41, 5.74) is -1.24. The normalized spacial score (nSPS) is 12.6. The third-order valence-electron chi connectivity index (χ3n) is 3.74. The summed E-state index contributed by atoms with van der Waals surface area (Å²) in [5, 5.41) is 6.74. The summed E-state index contributed by atoms with van der Waals surface area (Å²) < 4.78 is 40.2. The van der Waals surface area contributed by atoms with E-state index < -0.39 is 23.7 Å². The quantitative estimate of drug-likeness (QED) is 0.663. The minimum absolute atomic E-state index is 0.198. The molecule has 2 aromatic heterocycles. The highest BCUT2D eigenvalue weighted by Crippen LogP contribution is 2.32. The van der Waals surface area contributed by atoms with Crippen LogP contribution in [0.5, 0.6) is 0 Å². The van der Waals surface area contributed by atoms with Crippen LogP contribution < -0.4 is 5.32 Å². The molecule has 1 aromatic carbocycles. The van der Waals surface area contributed by atoms with Crippen LogP contribution in [-0.2, 0) is 6.18 Å². The molecular weight excluding hydrogens is 418 g/mol. The summed E-state index contributed by atoms with van der Waals surface area (Å²) in [6.07, 6.45) is -1.86. The highest BCUT2D eigenvalue weighted by molar-refractivity contribution is 6.32. The van der Waals surface area contributed by atoms with E-state index in [2.05, 4.69) is 20.4 Å². The first-order valence-electron chi connectivity index (χ1n) is 7.86. The lowest BCUT2D eigenvalue weighted by atomic mass is 10.1. The average Bonchev–Trinajstić information content (AvgIpc) is 3.10. The second-order valence-corrected chi connectivity index (χ2v) is 6.60. The Balaban J connectivity index is 1.86. The van der Waals surface area contributed by atoms with Crippen molar-refractivity contribution in [3.05, 3.63) is 69.9 Å². The molecule has 1 atom stereocenters. The van der Waals surface area contributed by atoms with Crippen molar-refractivity contribution in [1.82, 2.24) is 25.1 Å². The van der Waals surface area contributed by atoms with Gasteiger partial charge >= 0.3 is 6.18 Å². The van der Waals surface area contributed by atoms with Crippen molar-refractivity contribution in [2.24, 2.45) is 0 Å². The highest BCUT2D eigenvalue weighted by atomic mass is 35.5. The fourth-order valence-corrected chi connectivity index (χ4v) is 2.91. The molecule has 1 N–H and O–H groups in total. The Hall–Kier alpha value is -2.65. The Bertz CT molecular complexity index is 1020. The molecule has 0 saturated heterocycles. The zero-order chi connectivity index (χ0) is 20.5. The van der Waals surface area contributed by atoms with Crippen molar-refractivity contribution in [2.45, 2.75) is 19.1 Å². The molecule has 0 radical (unpaired) electrons. The zero-order valence-electron chi connectivity index (χ0n) is 14.2. The number of halogens is 5. The summed E-state index contributed by atoms with van der Waals surface area (Å²) in [5.74, 6) is -0.144. The van der Waals surface area contributed by atoms with Gasteiger partial charge in [0.05, 0.1) is 16.6 Å². The van der Waals surface area contributed by atoms with Crippen molar-refractivity contribution in [3.63, 3.8) is 0 Å². The van der Waals surface area contributed by atoms with Crippen LogP contribution >= 0.6 is 23.2 Å². The minimum atomic E-state index is -4.62. The van der Waals surface area contributed by atoms with Crippen molar-refractivity contribution >= 4 is 29.1 Å². The van der Waals surface area contributed by atoms with E-state index in [1.807, 2.05) is 0 Å². The SMILES string of the molecule is C[C@H](NC(=O)c1cc(Cl)cc(C(F)(F)F)c1)c1ncnn1-c1ncccc1Cl. The average molecular weight is 430 g/mol. The number of benzene rings is 1. The summed E-state index contributed by atoms with van der Waals surface area (Å²) in [6.45, 7) is 1.60. The van der Waals surface area contributed by atoms with Crippen LogP contribution in [0.2, 0.25) is 10.0 Å². The van der Waals surface area contributed by atoms with Crippen molar-refractivity contribution in [3.8, 4) is 5.82 Å². The summed E-state index contributed by atoms with van der Waals surface area (Å²) in [7, 11) is 0. The van der Waals surface area contributed by atoms with Gasteiger partial charge in [0.25, 0.3) is 5.91 Å². The van der Waals surface area contributed by atoms with E-state index in [1.165, 1.54) is 17.2 Å². The standard InChI is InChI=1S/C17H12Cl2F3N5O/c1-9(14-24-8-25-27(14)15-13(19)3-2-4-23-15)26-16(28)10-5-11(17(20,21)22)7-12(18)6-10/h2-9H,1H3,(H,26,28)/t9-/m0/s1. The van der Waals surface area contributed by atoms with Gasteiger partial charge in [-0.25, -0.2) is 9.97 Å². The van der Waals surface area contributed by atoms with Crippen LogP contribution in [0.1, 0.15) is 34.7 Å². The predicted molar refractivity (Wildman–Crippen MR) is 96.5 cm³/mol. The van der Waals surface area contributed by atoms with Crippen LogP contribution in [0.25, 0.3) is 5.82 Å². The molecule has 0 aliphatic carbocycles. The Morgan fingerprint density at radius 1 is 1.21 bits per heavy atom. The Morgan fingerprint density at radius 3 is 2.64 bits per heavy atom. The molecule has 0 spiro atoms. The highest BCUT2D eigenvalue weighted by Gasteiger charge is 2.32. The van der Waals surface area contributed by atoms with Crippen molar-refractivity contribution in [1.29, 1.82) is 0 Å².